The van der Waals surface area contributed by atoms with E-state index in [9.17, 15) is 28.8 Å². The van der Waals surface area contributed by atoms with E-state index in [1.165, 1.54) is 0 Å². The Morgan fingerprint density at radius 3 is 2.03 bits per heavy atom. The van der Waals surface area contributed by atoms with Crippen LogP contribution in [-0.4, -0.2) is 91.5 Å². The number of primary amides is 2. The number of carbonyl (C=O) groups is 6. The standard InChI is InChI=1S/C18H29N5O9S/c19-17(28)31-9-11(10-32-18(20)29)30-7-1-2-13(24)21-4-5-22-14(25)3-6-23-15(26)8-12(33)16(23)27/h11-12,33H,1-10H2,(H2,19,28)(H2,20,29)(H,21,24)(H,22,25). The van der Waals surface area contributed by atoms with E-state index < -0.39 is 29.4 Å². The molecule has 0 bridgehead atoms. The lowest BCUT2D eigenvalue weighted by atomic mass is 10.3. The average Bonchev–Trinajstić information content (AvgIpc) is 2.99. The number of carbonyl (C=O) groups excluding carboxylic acids is 6. The van der Waals surface area contributed by atoms with Gasteiger partial charge in [0, 0.05) is 45.5 Å². The summed E-state index contributed by atoms with van der Waals surface area (Å²) in [6.07, 6.45) is -2.37. The zero-order chi connectivity index (χ0) is 24.8. The van der Waals surface area contributed by atoms with Gasteiger partial charge in [-0.15, -0.1) is 0 Å². The van der Waals surface area contributed by atoms with Crippen molar-refractivity contribution < 1.29 is 43.0 Å². The highest BCUT2D eigenvalue weighted by Gasteiger charge is 2.36. The first-order valence-corrected chi connectivity index (χ1v) is 10.6. The summed E-state index contributed by atoms with van der Waals surface area (Å²) < 4.78 is 14.6. The molecule has 1 heterocycles. The van der Waals surface area contributed by atoms with E-state index in [4.69, 9.17) is 16.2 Å². The molecule has 33 heavy (non-hydrogen) atoms. The SMILES string of the molecule is NC(=O)OCC(COC(N)=O)OCCCC(=O)NCCNC(=O)CCN1C(=O)CC(S)C1=O. The van der Waals surface area contributed by atoms with Crippen LogP contribution >= 0.6 is 12.6 Å². The molecule has 6 N–H and O–H groups in total. The highest BCUT2D eigenvalue weighted by atomic mass is 32.1. The van der Waals surface area contributed by atoms with Crippen LogP contribution in [-0.2, 0) is 33.4 Å². The summed E-state index contributed by atoms with van der Waals surface area (Å²) in [5.74, 6) is -1.39. The van der Waals surface area contributed by atoms with Gasteiger partial charge in [0.15, 0.2) is 0 Å². The maximum atomic E-state index is 11.8. The Balaban J connectivity index is 2.13. The van der Waals surface area contributed by atoms with Crippen molar-refractivity contribution in [2.24, 2.45) is 11.5 Å². The smallest absolute Gasteiger partial charge is 0.404 e. The molecule has 15 heteroatoms. The van der Waals surface area contributed by atoms with Crippen LogP contribution in [0.2, 0.25) is 0 Å². The fourth-order valence-electron chi connectivity index (χ4n) is 2.67. The summed E-state index contributed by atoms with van der Waals surface area (Å²) in [6, 6.07) is 0. The maximum absolute atomic E-state index is 11.8. The molecule has 1 aliphatic rings. The fraction of sp³-hybridized carbons (Fsp3) is 0.667. The number of thiol groups is 1. The maximum Gasteiger partial charge on any atom is 0.404 e. The lowest BCUT2D eigenvalue weighted by Gasteiger charge is -2.16. The van der Waals surface area contributed by atoms with Crippen LogP contribution in [0.1, 0.15) is 25.7 Å². The first-order chi connectivity index (χ1) is 15.6. The minimum Gasteiger partial charge on any atom is -0.447 e. The van der Waals surface area contributed by atoms with E-state index in [2.05, 4.69) is 32.7 Å². The number of hydrogen-bond acceptors (Lipinski definition) is 10. The third kappa shape index (κ3) is 11.9. The van der Waals surface area contributed by atoms with Crippen LogP contribution in [0.4, 0.5) is 9.59 Å². The monoisotopic (exact) mass is 491 g/mol. The van der Waals surface area contributed by atoms with Crippen molar-refractivity contribution in [1.29, 1.82) is 0 Å². The van der Waals surface area contributed by atoms with Gasteiger partial charge in [-0.1, -0.05) is 0 Å². The van der Waals surface area contributed by atoms with E-state index >= 15 is 0 Å². The lowest BCUT2D eigenvalue weighted by molar-refractivity contribution is -0.138. The van der Waals surface area contributed by atoms with Gasteiger partial charge in [-0.05, 0) is 6.42 Å². The molecule has 0 aromatic rings. The molecule has 0 aromatic carbocycles. The van der Waals surface area contributed by atoms with Gasteiger partial charge in [-0.25, -0.2) is 9.59 Å². The van der Waals surface area contributed by atoms with Crippen molar-refractivity contribution in [2.75, 3.05) is 39.5 Å². The van der Waals surface area contributed by atoms with Gasteiger partial charge in [0.05, 0.1) is 5.25 Å². The molecule has 0 aromatic heterocycles. The lowest BCUT2D eigenvalue weighted by Crippen LogP contribution is -2.38. The van der Waals surface area contributed by atoms with Gasteiger partial charge in [-0.2, -0.15) is 12.6 Å². The fourth-order valence-corrected chi connectivity index (χ4v) is 2.97. The van der Waals surface area contributed by atoms with Crippen LogP contribution in [0.5, 0.6) is 0 Å². The number of nitrogens with one attached hydrogen (secondary N) is 2. The third-order valence-corrected chi connectivity index (χ3v) is 4.68. The van der Waals surface area contributed by atoms with Crippen LogP contribution in [0, 0.1) is 0 Å². The number of imide groups is 1. The van der Waals surface area contributed by atoms with Crippen molar-refractivity contribution >= 4 is 48.4 Å². The molecular weight excluding hydrogens is 462 g/mol. The first-order valence-electron chi connectivity index (χ1n) is 10.1. The highest BCUT2D eigenvalue weighted by molar-refractivity contribution is 7.81. The normalized spacial score (nSPS) is 15.5. The molecule has 1 atom stereocenters. The van der Waals surface area contributed by atoms with Gasteiger partial charge in [0.1, 0.15) is 19.3 Å². The molecular formula is C18H29N5O9S. The molecule has 1 fully saturated rings. The Hall–Kier alpha value is -3.07. The predicted molar refractivity (Wildman–Crippen MR) is 115 cm³/mol. The molecule has 0 radical (unpaired) electrons. The largest absolute Gasteiger partial charge is 0.447 e. The van der Waals surface area contributed by atoms with Gasteiger partial charge in [0.2, 0.25) is 23.6 Å². The summed E-state index contributed by atoms with van der Waals surface area (Å²) in [6.45, 7) is -0.0287. The average molecular weight is 492 g/mol. The summed E-state index contributed by atoms with van der Waals surface area (Å²) in [5, 5.41) is 4.54. The van der Waals surface area contributed by atoms with Crippen molar-refractivity contribution in [3.8, 4) is 0 Å². The van der Waals surface area contributed by atoms with E-state index in [1.54, 1.807) is 0 Å². The van der Waals surface area contributed by atoms with E-state index in [1.807, 2.05) is 0 Å². The minimum atomic E-state index is -1.02. The predicted octanol–water partition coefficient (Wildman–Crippen LogP) is -1.98. The third-order valence-electron chi connectivity index (χ3n) is 4.28. The zero-order valence-corrected chi connectivity index (χ0v) is 18.8. The Labute approximate surface area is 195 Å². The number of nitrogens with zero attached hydrogens (tertiary/aromatic N) is 1. The quantitative estimate of drug-likeness (QED) is 0.0975. The molecule has 0 spiro atoms. The van der Waals surface area contributed by atoms with Crippen molar-refractivity contribution in [2.45, 2.75) is 37.0 Å². The highest BCUT2D eigenvalue weighted by Crippen LogP contribution is 2.17. The van der Waals surface area contributed by atoms with E-state index in [0.717, 1.165) is 4.90 Å². The second-order valence-corrected chi connectivity index (χ2v) is 7.53. The minimum absolute atomic E-state index is 0.0110. The van der Waals surface area contributed by atoms with Crippen molar-refractivity contribution in [3.05, 3.63) is 0 Å². The molecule has 1 rings (SSSR count). The molecule has 6 amide bonds. The second-order valence-electron chi connectivity index (χ2n) is 6.91. The van der Waals surface area contributed by atoms with Crippen LogP contribution in [0.15, 0.2) is 0 Å². The molecule has 1 saturated heterocycles. The Kier molecular flexibility index (Phi) is 12.6. The number of nitrogens with two attached hydrogens (primary N) is 2. The first kappa shape index (κ1) is 28.0. The van der Waals surface area contributed by atoms with Crippen LogP contribution in [0.3, 0.4) is 0 Å². The van der Waals surface area contributed by atoms with Gasteiger partial charge in [-0.3, -0.25) is 24.1 Å². The number of hydrogen-bond donors (Lipinski definition) is 5. The Bertz CT molecular complexity index is 718. The summed E-state index contributed by atoms with van der Waals surface area (Å²) >= 11 is 4.01. The summed E-state index contributed by atoms with van der Waals surface area (Å²) in [5.41, 5.74) is 9.74. The van der Waals surface area contributed by atoms with Crippen LogP contribution < -0.4 is 22.1 Å². The molecule has 186 valence electrons. The van der Waals surface area contributed by atoms with E-state index in [-0.39, 0.29) is 76.4 Å². The van der Waals surface area contributed by atoms with Crippen LogP contribution in [0.25, 0.3) is 0 Å². The summed E-state index contributed by atoms with van der Waals surface area (Å²) in [7, 11) is 0. The molecule has 0 saturated carbocycles. The Morgan fingerprint density at radius 2 is 1.55 bits per heavy atom. The molecule has 14 nitrogen and oxygen atoms in total. The van der Waals surface area contributed by atoms with Gasteiger partial charge >= 0.3 is 12.2 Å². The van der Waals surface area contributed by atoms with Gasteiger partial charge < -0.3 is 36.3 Å². The second kappa shape index (κ2) is 14.9. The molecule has 0 aliphatic carbocycles. The van der Waals surface area contributed by atoms with Crippen molar-refractivity contribution in [1.82, 2.24) is 15.5 Å². The van der Waals surface area contributed by atoms with Crippen molar-refractivity contribution in [3.63, 3.8) is 0 Å². The number of likely N-dealkylation sites (tertiary alicyclic amines) is 1. The number of rotatable bonds is 15. The molecule has 1 unspecified atom stereocenters. The molecule has 1 aliphatic heterocycles. The number of ether oxygens (including phenoxy) is 3. The zero-order valence-electron chi connectivity index (χ0n) is 17.9. The van der Waals surface area contributed by atoms with E-state index in [0.29, 0.717) is 6.42 Å². The van der Waals surface area contributed by atoms with Gasteiger partial charge in [0.25, 0.3) is 0 Å². The number of amides is 6. The summed E-state index contributed by atoms with van der Waals surface area (Å²) in [4.78, 5) is 69.3. The topological polar surface area (TPSA) is 209 Å². The Morgan fingerprint density at radius 1 is 1.00 bits per heavy atom.